The van der Waals surface area contributed by atoms with Crippen molar-refractivity contribution in [1.29, 1.82) is 0 Å². The fourth-order valence-electron chi connectivity index (χ4n) is 1.88. The molecule has 0 spiro atoms. The number of ether oxygens (including phenoxy) is 1. The number of aromatic carboxylic acids is 1. The highest BCUT2D eigenvalue weighted by atomic mass is 32.2. The van der Waals surface area contributed by atoms with Gasteiger partial charge in [-0.2, -0.15) is 0 Å². The second-order valence-corrected chi connectivity index (χ2v) is 5.58. The van der Waals surface area contributed by atoms with Crippen LogP contribution in [0.25, 0.3) is 0 Å². The van der Waals surface area contributed by atoms with Crippen LogP contribution in [0.1, 0.15) is 28.8 Å². The maximum absolute atomic E-state index is 11.1. The standard InChI is InChI=1S/C13H16O3S/c1-9-2-3-11(13(14)15)12(8-9)17-10-4-6-16-7-5-10/h2-3,8,10H,4-7H2,1H3,(H,14,15). The minimum Gasteiger partial charge on any atom is -0.478 e. The molecule has 0 radical (unpaired) electrons. The minimum atomic E-state index is -0.848. The van der Waals surface area contributed by atoms with Gasteiger partial charge in [0.25, 0.3) is 0 Å². The normalized spacial score (nSPS) is 17.0. The van der Waals surface area contributed by atoms with E-state index in [2.05, 4.69) is 0 Å². The van der Waals surface area contributed by atoms with Gasteiger partial charge in [-0.15, -0.1) is 11.8 Å². The second-order valence-electron chi connectivity index (χ2n) is 4.23. The molecular weight excluding hydrogens is 236 g/mol. The molecule has 0 atom stereocenters. The largest absolute Gasteiger partial charge is 0.478 e. The third kappa shape index (κ3) is 3.23. The van der Waals surface area contributed by atoms with E-state index < -0.39 is 5.97 Å². The van der Waals surface area contributed by atoms with E-state index in [-0.39, 0.29) is 0 Å². The van der Waals surface area contributed by atoms with Crippen LogP contribution in [0.4, 0.5) is 0 Å². The molecule has 1 heterocycles. The van der Waals surface area contributed by atoms with E-state index in [1.165, 1.54) is 0 Å². The molecule has 1 fully saturated rings. The molecule has 1 aromatic carbocycles. The fourth-order valence-corrected chi connectivity index (χ4v) is 3.20. The highest BCUT2D eigenvalue weighted by molar-refractivity contribution is 8.00. The molecular formula is C13H16O3S. The van der Waals surface area contributed by atoms with Crippen LogP contribution < -0.4 is 0 Å². The van der Waals surface area contributed by atoms with Crippen LogP contribution in [0.2, 0.25) is 0 Å². The third-order valence-corrected chi connectivity index (χ3v) is 4.23. The molecule has 0 aliphatic carbocycles. The summed E-state index contributed by atoms with van der Waals surface area (Å²) in [6.07, 6.45) is 2.00. The topological polar surface area (TPSA) is 46.5 Å². The molecule has 0 aromatic heterocycles. The van der Waals surface area contributed by atoms with Crippen LogP contribution in [-0.4, -0.2) is 29.5 Å². The number of carboxylic acids is 1. The van der Waals surface area contributed by atoms with Crippen LogP contribution >= 0.6 is 11.8 Å². The first-order valence-corrected chi connectivity index (χ1v) is 6.63. The van der Waals surface area contributed by atoms with Gasteiger partial charge in [0.2, 0.25) is 0 Å². The number of hydrogen-bond donors (Lipinski definition) is 1. The maximum Gasteiger partial charge on any atom is 0.336 e. The average Bonchev–Trinajstić information content (AvgIpc) is 2.30. The fraction of sp³-hybridized carbons (Fsp3) is 0.462. The van der Waals surface area contributed by atoms with E-state index in [0.717, 1.165) is 36.5 Å². The number of thioether (sulfide) groups is 1. The molecule has 1 saturated heterocycles. The van der Waals surface area contributed by atoms with E-state index in [0.29, 0.717) is 10.8 Å². The Morgan fingerprint density at radius 3 is 2.76 bits per heavy atom. The van der Waals surface area contributed by atoms with Crippen molar-refractivity contribution in [3.63, 3.8) is 0 Å². The SMILES string of the molecule is Cc1ccc(C(=O)O)c(SC2CCOCC2)c1. The Bertz CT molecular complexity index is 411. The van der Waals surface area contributed by atoms with Gasteiger partial charge >= 0.3 is 5.97 Å². The van der Waals surface area contributed by atoms with Crippen molar-refractivity contribution in [2.45, 2.75) is 29.9 Å². The van der Waals surface area contributed by atoms with Gasteiger partial charge < -0.3 is 9.84 Å². The molecule has 3 nitrogen and oxygen atoms in total. The van der Waals surface area contributed by atoms with Crippen molar-refractivity contribution < 1.29 is 14.6 Å². The molecule has 4 heteroatoms. The van der Waals surface area contributed by atoms with Gasteiger partial charge in [-0.05, 0) is 37.5 Å². The average molecular weight is 252 g/mol. The first kappa shape index (κ1) is 12.5. The van der Waals surface area contributed by atoms with Gasteiger partial charge in [-0.25, -0.2) is 4.79 Å². The van der Waals surface area contributed by atoms with Gasteiger partial charge in [0.15, 0.2) is 0 Å². The number of carbonyl (C=O) groups is 1. The molecule has 1 aromatic rings. The van der Waals surface area contributed by atoms with Gasteiger partial charge in [0.05, 0.1) is 5.56 Å². The molecule has 0 amide bonds. The zero-order chi connectivity index (χ0) is 12.3. The molecule has 1 aliphatic heterocycles. The summed E-state index contributed by atoms with van der Waals surface area (Å²) >= 11 is 1.67. The zero-order valence-electron chi connectivity index (χ0n) is 9.81. The number of aryl methyl sites for hydroxylation is 1. The first-order valence-electron chi connectivity index (χ1n) is 5.75. The van der Waals surface area contributed by atoms with E-state index in [4.69, 9.17) is 9.84 Å². The van der Waals surface area contributed by atoms with Crippen LogP contribution in [0.5, 0.6) is 0 Å². The quantitative estimate of drug-likeness (QED) is 0.898. The number of rotatable bonds is 3. The zero-order valence-corrected chi connectivity index (χ0v) is 10.6. The monoisotopic (exact) mass is 252 g/mol. The molecule has 17 heavy (non-hydrogen) atoms. The van der Waals surface area contributed by atoms with E-state index in [1.807, 2.05) is 19.1 Å². The van der Waals surface area contributed by atoms with Crippen molar-refractivity contribution in [2.24, 2.45) is 0 Å². The van der Waals surface area contributed by atoms with Crippen molar-refractivity contribution in [1.82, 2.24) is 0 Å². The van der Waals surface area contributed by atoms with E-state index in [9.17, 15) is 4.79 Å². The lowest BCUT2D eigenvalue weighted by Gasteiger charge is -2.22. The van der Waals surface area contributed by atoms with Gasteiger partial charge in [-0.3, -0.25) is 0 Å². The summed E-state index contributed by atoms with van der Waals surface area (Å²) < 4.78 is 5.31. The molecule has 0 bridgehead atoms. The maximum atomic E-state index is 11.1. The Morgan fingerprint density at radius 2 is 2.12 bits per heavy atom. The molecule has 1 N–H and O–H groups in total. The van der Waals surface area contributed by atoms with Gasteiger partial charge in [-0.1, -0.05) is 6.07 Å². The van der Waals surface area contributed by atoms with Crippen molar-refractivity contribution in [3.8, 4) is 0 Å². The summed E-state index contributed by atoms with van der Waals surface area (Å²) in [4.78, 5) is 12.0. The van der Waals surface area contributed by atoms with Crippen LogP contribution in [-0.2, 0) is 4.74 Å². The summed E-state index contributed by atoms with van der Waals surface area (Å²) in [5.74, 6) is -0.848. The molecule has 0 saturated carbocycles. The lowest BCUT2D eigenvalue weighted by atomic mass is 10.1. The van der Waals surface area contributed by atoms with Gasteiger partial charge in [0, 0.05) is 23.4 Å². The van der Waals surface area contributed by atoms with Crippen LogP contribution in [0.15, 0.2) is 23.1 Å². The van der Waals surface area contributed by atoms with Gasteiger partial charge in [0.1, 0.15) is 0 Å². The predicted octanol–water partition coefficient (Wildman–Crippen LogP) is 2.96. The lowest BCUT2D eigenvalue weighted by Crippen LogP contribution is -2.17. The van der Waals surface area contributed by atoms with E-state index >= 15 is 0 Å². The molecule has 0 unspecified atom stereocenters. The number of benzene rings is 1. The van der Waals surface area contributed by atoms with Crippen molar-refractivity contribution in [3.05, 3.63) is 29.3 Å². The Balaban J connectivity index is 2.17. The van der Waals surface area contributed by atoms with Crippen LogP contribution in [0.3, 0.4) is 0 Å². The molecule has 2 rings (SSSR count). The molecule has 1 aliphatic rings. The highest BCUT2D eigenvalue weighted by Gasteiger charge is 2.18. The Morgan fingerprint density at radius 1 is 1.41 bits per heavy atom. The number of hydrogen-bond acceptors (Lipinski definition) is 3. The number of carboxylic acid groups (broad SMARTS) is 1. The second kappa shape index (κ2) is 5.56. The Labute approximate surface area is 105 Å². The first-order chi connectivity index (χ1) is 8.16. The molecule has 92 valence electrons. The van der Waals surface area contributed by atoms with Crippen molar-refractivity contribution >= 4 is 17.7 Å². The summed E-state index contributed by atoms with van der Waals surface area (Å²) in [5.41, 5.74) is 1.51. The van der Waals surface area contributed by atoms with Crippen molar-refractivity contribution in [2.75, 3.05) is 13.2 Å². The predicted molar refractivity (Wildman–Crippen MR) is 67.8 cm³/mol. The lowest BCUT2D eigenvalue weighted by molar-refractivity contribution is 0.0693. The summed E-state index contributed by atoms with van der Waals surface area (Å²) in [6, 6.07) is 5.50. The summed E-state index contributed by atoms with van der Waals surface area (Å²) in [5, 5.41) is 9.62. The smallest absolute Gasteiger partial charge is 0.336 e. The third-order valence-electron chi connectivity index (χ3n) is 2.83. The summed E-state index contributed by atoms with van der Waals surface area (Å²) in [6.45, 7) is 3.55. The van der Waals surface area contributed by atoms with E-state index in [1.54, 1.807) is 17.8 Å². The Kier molecular flexibility index (Phi) is 4.07. The minimum absolute atomic E-state index is 0.409. The summed E-state index contributed by atoms with van der Waals surface area (Å²) in [7, 11) is 0. The van der Waals surface area contributed by atoms with Crippen LogP contribution in [0, 0.1) is 6.92 Å². The highest BCUT2D eigenvalue weighted by Crippen LogP contribution is 2.32. The Hall–Kier alpha value is -1.00.